The zero-order chi connectivity index (χ0) is 14.7. The average Bonchev–Trinajstić information content (AvgIpc) is 2.55. The summed E-state index contributed by atoms with van der Waals surface area (Å²) < 4.78 is 0. The number of aliphatic hydroxyl groups excluding tert-OH is 1. The number of thioether (sulfide) groups is 1. The van der Waals surface area contributed by atoms with Crippen LogP contribution in [0.1, 0.15) is 42.1 Å². The first-order valence-corrected chi connectivity index (χ1v) is 8.93. The number of fused-ring (bicyclic) bond motifs is 1. The van der Waals surface area contributed by atoms with E-state index in [4.69, 9.17) is 0 Å². The van der Waals surface area contributed by atoms with Gasteiger partial charge in [-0.3, -0.25) is 4.79 Å². The van der Waals surface area contributed by atoms with Crippen LogP contribution in [0.5, 0.6) is 0 Å². The Morgan fingerprint density at radius 3 is 2.76 bits per heavy atom. The van der Waals surface area contributed by atoms with Crippen LogP contribution in [0.25, 0.3) is 0 Å². The van der Waals surface area contributed by atoms with Crippen LogP contribution in [0.4, 0.5) is 0 Å². The van der Waals surface area contributed by atoms with Crippen molar-refractivity contribution in [3.8, 4) is 0 Å². The summed E-state index contributed by atoms with van der Waals surface area (Å²) in [6.07, 6.45) is 5.10. The molecule has 1 saturated carbocycles. The molecule has 21 heavy (non-hydrogen) atoms. The predicted octanol–water partition coefficient (Wildman–Crippen LogP) is 2.68. The lowest BCUT2D eigenvalue weighted by atomic mass is 9.86. The van der Waals surface area contributed by atoms with E-state index in [1.54, 1.807) is 11.8 Å². The van der Waals surface area contributed by atoms with Gasteiger partial charge in [0.1, 0.15) is 5.25 Å². The summed E-state index contributed by atoms with van der Waals surface area (Å²) in [6.45, 7) is 0.284. The zero-order valence-corrected chi connectivity index (χ0v) is 13.1. The van der Waals surface area contributed by atoms with E-state index in [1.807, 2.05) is 6.07 Å². The Labute approximate surface area is 130 Å². The van der Waals surface area contributed by atoms with Crippen molar-refractivity contribution in [1.29, 1.82) is 0 Å². The Morgan fingerprint density at radius 2 is 2.00 bits per heavy atom. The second kappa shape index (κ2) is 6.84. The molecular formula is C17H23NO2S. The Kier molecular flexibility index (Phi) is 4.86. The van der Waals surface area contributed by atoms with E-state index in [1.165, 1.54) is 11.1 Å². The van der Waals surface area contributed by atoms with Crippen LogP contribution >= 0.6 is 11.8 Å². The standard InChI is InChI=1S/C17H23NO2S/c19-11-12-5-7-14(8-6-12)18-17(20)16-15-4-2-1-3-13(15)9-10-21-16/h1-4,12,14,16,19H,5-11H2,(H,18,20). The number of hydrogen-bond donors (Lipinski definition) is 2. The van der Waals surface area contributed by atoms with Gasteiger partial charge in [-0.25, -0.2) is 0 Å². The highest BCUT2D eigenvalue weighted by Gasteiger charge is 2.29. The lowest BCUT2D eigenvalue weighted by Crippen LogP contribution is -2.40. The van der Waals surface area contributed by atoms with E-state index >= 15 is 0 Å². The molecule has 1 atom stereocenters. The molecule has 1 aromatic rings. The van der Waals surface area contributed by atoms with Crippen molar-refractivity contribution in [2.75, 3.05) is 12.4 Å². The normalized spacial score (nSPS) is 28.7. The minimum absolute atomic E-state index is 0.0504. The third-order valence-corrected chi connectivity index (χ3v) is 5.92. The maximum absolute atomic E-state index is 12.6. The third kappa shape index (κ3) is 3.43. The van der Waals surface area contributed by atoms with E-state index in [0.717, 1.165) is 37.9 Å². The van der Waals surface area contributed by atoms with Gasteiger partial charge in [-0.2, -0.15) is 0 Å². The maximum atomic E-state index is 12.6. The Bertz CT molecular complexity index is 497. The van der Waals surface area contributed by atoms with Crippen LogP contribution < -0.4 is 5.32 Å². The number of aliphatic hydroxyl groups is 1. The van der Waals surface area contributed by atoms with Crippen molar-refractivity contribution in [3.63, 3.8) is 0 Å². The van der Waals surface area contributed by atoms with E-state index in [2.05, 4.69) is 23.5 Å². The number of nitrogens with one attached hydrogen (secondary N) is 1. The molecule has 114 valence electrons. The van der Waals surface area contributed by atoms with E-state index in [-0.39, 0.29) is 23.8 Å². The van der Waals surface area contributed by atoms with Gasteiger partial charge in [0.2, 0.25) is 5.91 Å². The topological polar surface area (TPSA) is 49.3 Å². The first-order valence-electron chi connectivity index (χ1n) is 7.88. The first kappa shape index (κ1) is 14.9. The molecule has 1 aliphatic carbocycles. The van der Waals surface area contributed by atoms with Crippen molar-refractivity contribution in [1.82, 2.24) is 5.32 Å². The van der Waals surface area contributed by atoms with Gasteiger partial charge in [-0.15, -0.1) is 11.8 Å². The summed E-state index contributed by atoms with van der Waals surface area (Å²) in [6, 6.07) is 8.60. The maximum Gasteiger partial charge on any atom is 0.237 e. The lowest BCUT2D eigenvalue weighted by molar-refractivity contribution is -0.121. The molecule has 1 fully saturated rings. The van der Waals surface area contributed by atoms with Crippen LogP contribution in [0.2, 0.25) is 0 Å². The largest absolute Gasteiger partial charge is 0.396 e. The van der Waals surface area contributed by atoms with Gasteiger partial charge in [0.25, 0.3) is 0 Å². The summed E-state index contributed by atoms with van der Waals surface area (Å²) in [7, 11) is 0. The number of amides is 1. The molecule has 2 N–H and O–H groups in total. The van der Waals surface area contributed by atoms with Gasteiger partial charge in [-0.1, -0.05) is 24.3 Å². The monoisotopic (exact) mass is 305 g/mol. The molecule has 0 aromatic heterocycles. The molecule has 0 radical (unpaired) electrons. The number of carbonyl (C=O) groups is 1. The van der Waals surface area contributed by atoms with Gasteiger partial charge in [-0.05, 0) is 54.9 Å². The van der Waals surface area contributed by atoms with Crippen molar-refractivity contribution >= 4 is 17.7 Å². The van der Waals surface area contributed by atoms with Gasteiger partial charge < -0.3 is 10.4 Å². The van der Waals surface area contributed by atoms with Gasteiger partial charge in [0.15, 0.2) is 0 Å². The van der Waals surface area contributed by atoms with Crippen molar-refractivity contribution in [2.45, 2.75) is 43.4 Å². The quantitative estimate of drug-likeness (QED) is 0.902. The van der Waals surface area contributed by atoms with Gasteiger partial charge in [0.05, 0.1) is 0 Å². The van der Waals surface area contributed by atoms with Crippen molar-refractivity contribution in [2.24, 2.45) is 5.92 Å². The Hall–Kier alpha value is -1.00. The Morgan fingerprint density at radius 1 is 1.24 bits per heavy atom. The van der Waals surface area contributed by atoms with E-state index < -0.39 is 0 Å². The smallest absolute Gasteiger partial charge is 0.237 e. The van der Waals surface area contributed by atoms with Crippen LogP contribution in [-0.2, 0) is 11.2 Å². The predicted molar refractivity (Wildman–Crippen MR) is 86.3 cm³/mol. The first-order chi connectivity index (χ1) is 10.3. The molecule has 3 rings (SSSR count). The van der Waals surface area contributed by atoms with Crippen molar-refractivity contribution in [3.05, 3.63) is 35.4 Å². The average molecular weight is 305 g/mol. The van der Waals surface area contributed by atoms with Gasteiger partial charge in [0, 0.05) is 12.6 Å². The summed E-state index contributed by atoms with van der Waals surface area (Å²) in [5, 5.41) is 12.4. The number of hydrogen-bond acceptors (Lipinski definition) is 3. The second-order valence-electron chi connectivity index (χ2n) is 6.11. The van der Waals surface area contributed by atoms with Crippen LogP contribution in [0, 0.1) is 5.92 Å². The lowest BCUT2D eigenvalue weighted by Gasteiger charge is -2.30. The molecule has 4 heteroatoms. The summed E-state index contributed by atoms with van der Waals surface area (Å²) in [5.74, 6) is 1.62. The molecule has 2 aliphatic rings. The molecule has 1 aliphatic heterocycles. The molecule has 1 amide bonds. The minimum Gasteiger partial charge on any atom is -0.396 e. The molecule has 1 heterocycles. The van der Waals surface area contributed by atoms with Crippen molar-refractivity contribution < 1.29 is 9.90 Å². The van der Waals surface area contributed by atoms with Crippen LogP contribution in [-0.4, -0.2) is 29.4 Å². The number of carbonyl (C=O) groups excluding carboxylic acids is 1. The fourth-order valence-electron chi connectivity index (χ4n) is 3.38. The number of benzene rings is 1. The van der Waals surface area contributed by atoms with Gasteiger partial charge >= 0.3 is 0 Å². The van der Waals surface area contributed by atoms with Crippen LogP contribution in [0.3, 0.4) is 0 Å². The molecule has 3 nitrogen and oxygen atoms in total. The number of aryl methyl sites for hydroxylation is 1. The highest BCUT2D eigenvalue weighted by molar-refractivity contribution is 8.00. The van der Waals surface area contributed by atoms with E-state index in [0.29, 0.717) is 5.92 Å². The fourth-order valence-corrected chi connectivity index (χ4v) is 4.58. The SMILES string of the molecule is O=C(NC1CCC(CO)CC1)C1SCCc2ccccc21. The second-order valence-corrected chi connectivity index (χ2v) is 7.32. The summed E-state index contributed by atoms with van der Waals surface area (Å²) in [5.41, 5.74) is 2.51. The molecule has 0 spiro atoms. The minimum atomic E-state index is -0.0504. The van der Waals surface area contributed by atoms with Crippen LogP contribution in [0.15, 0.2) is 24.3 Å². The molecule has 1 unspecified atom stereocenters. The number of rotatable bonds is 3. The highest BCUT2D eigenvalue weighted by Crippen LogP contribution is 2.37. The Balaban J connectivity index is 1.62. The third-order valence-electron chi connectivity index (χ3n) is 4.68. The highest BCUT2D eigenvalue weighted by atomic mass is 32.2. The zero-order valence-electron chi connectivity index (χ0n) is 12.3. The molecule has 0 saturated heterocycles. The molecule has 1 aromatic carbocycles. The van der Waals surface area contributed by atoms with E-state index in [9.17, 15) is 9.90 Å². The molecular weight excluding hydrogens is 282 g/mol. The fraction of sp³-hybridized carbons (Fsp3) is 0.588. The molecule has 0 bridgehead atoms. The summed E-state index contributed by atoms with van der Waals surface area (Å²) in [4.78, 5) is 12.6. The summed E-state index contributed by atoms with van der Waals surface area (Å²) >= 11 is 1.76.